The molecule has 2 aromatic rings. The molecule has 3 saturated carbocycles. The summed E-state index contributed by atoms with van der Waals surface area (Å²) < 4.78 is 21.4. The van der Waals surface area contributed by atoms with Crippen LogP contribution in [0.15, 0.2) is 24.3 Å². The Morgan fingerprint density at radius 3 is 2.43 bits per heavy atom. The van der Waals surface area contributed by atoms with E-state index in [-0.39, 0.29) is 5.60 Å². The van der Waals surface area contributed by atoms with Crippen LogP contribution in [0.5, 0.6) is 11.8 Å². The largest absolute Gasteiger partial charge is 0.473 e. The molecule has 0 aliphatic heterocycles. The molecule has 150 valence electrons. The summed E-state index contributed by atoms with van der Waals surface area (Å²) in [5, 5.41) is 0.778. The number of aromatic nitrogens is 2. The van der Waals surface area contributed by atoms with Gasteiger partial charge in [0, 0.05) is 10.9 Å². The minimum absolute atomic E-state index is 0.0143. The van der Waals surface area contributed by atoms with Gasteiger partial charge in [-0.05, 0) is 74.5 Å². The van der Waals surface area contributed by atoms with E-state index in [9.17, 15) is 0 Å². The Morgan fingerprint density at radius 2 is 1.75 bits per heavy atom. The van der Waals surface area contributed by atoms with Gasteiger partial charge in [0.05, 0.1) is 18.3 Å². The summed E-state index contributed by atoms with van der Waals surface area (Å²) in [6, 6.07) is 8.24. The molecular formula is C22H27ClN2O2S. The van der Waals surface area contributed by atoms with Crippen molar-refractivity contribution < 1.29 is 9.47 Å². The first-order valence-corrected chi connectivity index (χ1v) is 11.7. The van der Waals surface area contributed by atoms with E-state index in [0.29, 0.717) is 30.2 Å². The maximum atomic E-state index is 6.40. The third-order valence-corrected chi connectivity index (χ3v) is 7.83. The normalized spacial score (nSPS) is 28.0. The molecule has 4 nitrogen and oxygen atoms in total. The van der Waals surface area contributed by atoms with Gasteiger partial charge in [-0.3, -0.25) is 0 Å². The highest BCUT2D eigenvalue weighted by Crippen LogP contribution is 2.50. The standard InChI is InChI=1S/C22H27ClN2O2S/c23-18-7-5-17(6-8-18)19(16-3-1-2-4-16)14-26-20-21(25-28-24-20)27-22-11-9-15(13-22)10-12-22/h5-8,15-16,19H,1-4,9-14H2. The van der Waals surface area contributed by atoms with Crippen LogP contribution in [0.2, 0.25) is 5.02 Å². The second-order valence-corrected chi connectivity index (χ2v) is 9.79. The van der Waals surface area contributed by atoms with Crippen LogP contribution >= 0.6 is 23.3 Å². The molecule has 1 aromatic carbocycles. The van der Waals surface area contributed by atoms with E-state index >= 15 is 0 Å². The van der Waals surface area contributed by atoms with Crippen LogP contribution in [0.4, 0.5) is 0 Å². The molecule has 0 radical (unpaired) electrons. The van der Waals surface area contributed by atoms with Crippen molar-refractivity contribution in [2.24, 2.45) is 11.8 Å². The fourth-order valence-electron chi connectivity index (χ4n) is 5.55. The second kappa shape index (κ2) is 7.83. The van der Waals surface area contributed by atoms with Gasteiger partial charge in [0.1, 0.15) is 5.60 Å². The van der Waals surface area contributed by atoms with E-state index in [1.807, 2.05) is 12.1 Å². The van der Waals surface area contributed by atoms with Crippen LogP contribution in [0, 0.1) is 11.8 Å². The zero-order chi connectivity index (χ0) is 19.0. The summed E-state index contributed by atoms with van der Waals surface area (Å²) in [4.78, 5) is 0. The van der Waals surface area contributed by atoms with E-state index in [1.165, 1.54) is 62.2 Å². The summed E-state index contributed by atoms with van der Waals surface area (Å²) in [6.07, 6.45) is 11.2. The summed E-state index contributed by atoms with van der Waals surface area (Å²) in [5.41, 5.74) is 1.29. The molecule has 28 heavy (non-hydrogen) atoms. The molecule has 3 aliphatic carbocycles. The molecule has 0 amide bonds. The molecule has 1 unspecified atom stereocenters. The number of benzene rings is 1. The van der Waals surface area contributed by atoms with Crippen LogP contribution in [-0.2, 0) is 0 Å². The third-order valence-electron chi connectivity index (χ3n) is 7.09. The lowest BCUT2D eigenvalue weighted by atomic mass is 9.85. The molecule has 0 N–H and O–H groups in total. The minimum Gasteiger partial charge on any atom is -0.473 e. The molecule has 6 heteroatoms. The molecule has 3 fully saturated rings. The van der Waals surface area contributed by atoms with Crippen molar-refractivity contribution in [2.75, 3.05) is 6.61 Å². The summed E-state index contributed by atoms with van der Waals surface area (Å²) in [6.45, 7) is 0.615. The average Bonchev–Trinajstić information content (AvgIpc) is 3.49. The zero-order valence-corrected chi connectivity index (χ0v) is 17.7. The van der Waals surface area contributed by atoms with E-state index in [2.05, 4.69) is 20.9 Å². The highest BCUT2D eigenvalue weighted by Gasteiger charge is 2.47. The van der Waals surface area contributed by atoms with Gasteiger partial charge in [-0.25, -0.2) is 0 Å². The number of halogens is 1. The van der Waals surface area contributed by atoms with Gasteiger partial charge < -0.3 is 9.47 Å². The van der Waals surface area contributed by atoms with Crippen LogP contribution in [-0.4, -0.2) is 21.0 Å². The Kier molecular flexibility index (Phi) is 5.22. The summed E-state index contributed by atoms with van der Waals surface area (Å²) in [5.74, 6) is 3.03. The van der Waals surface area contributed by atoms with Crippen LogP contribution < -0.4 is 9.47 Å². The Labute approximate surface area is 175 Å². The lowest BCUT2D eigenvalue weighted by Crippen LogP contribution is -2.30. The highest BCUT2D eigenvalue weighted by molar-refractivity contribution is 6.99. The van der Waals surface area contributed by atoms with Gasteiger partial charge >= 0.3 is 0 Å². The smallest absolute Gasteiger partial charge is 0.291 e. The van der Waals surface area contributed by atoms with Crippen molar-refractivity contribution in [1.29, 1.82) is 0 Å². The van der Waals surface area contributed by atoms with E-state index < -0.39 is 0 Å². The van der Waals surface area contributed by atoms with Gasteiger partial charge in [0.15, 0.2) is 0 Å². The van der Waals surface area contributed by atoms with Gasteiger partial charge in [-0.15, -0.1) is 8.75 Å². The number of hydrogen-bond donors (Lipinski definition) is 0. The molecule has 1 atom stereocenters. The molecule has 0 saturated heterocycles. The van der Waals surface area contributed by atoms with Gasteiger partial charge in [-0.2, -0.15) is 0 Å². The number of rotatable bonds is 7. The van der Waals surface area contributed by atoms with Crippen LogP contribution in [0.25, 0.3) is 0 Å². The van der Waals surface area contributed by atoms with E-state index in [1.54, 1.807) is 0 Å². The average molecular weight is 419 g/mol. The van der Waals surface area contributed by atoms with Crippen molar-refractivity contribution in [2.45, 2.75) is 69.3 Å². The molecule has 1 aromatic heterocycles. The fourth-order valence-corrected chi connectivity index (χ4v) is 6.11. The van der Waals surface area contributed by atoms with Crippen molar-refractivity contribution in [3.63, 3.8) is 0 Å². The Hall–Kier alpha value is -1.33. The highest BCUT2D eigenvalue weighted by atomic mass is 35.5. The van der Waals surface area contributed by atoms with Crippen LogP contribution in [0.3, 0.4) is 0 Å². The zero-order valence-electron chi connectivity index (χ0n) is 16.1. The lowest BCUT2D eigenvalue weighted by molar-refractivity contribution is 0.0697. The van der Waals surface area contributed by atoms with Gasteiger partial charge in [0.2, 0.25) is 0 Å². The van der Waals surface area contributed by atoms with Gasteiger partial charge in [0.25, 0.3) is 11.8 Å². The molecule has 5 rings (SSSR count). The molecule has 2 bridgehead atoms. The molecular weight excluding hydrogens is 392 g/mol. The number of nitrogens with zero attached hydrogens (tertiary/aromatic N) is 2. The van der Waals surface area contributed by atoms with E-state index in [0.717, 1.165) is 23.8 Å². The first kappa shape index (κ1) is 18.7. The summed E-state index contributed by atoms with van der Waals surface area (Å²) in [7, 11) is 0. The lowest BCUT2D eigenvalue weighted by Gasteiger charge is -2.27. The van der Waals surface area contributed by atoms with Crippen molar-refractivity contribution in [3.8, 4) is 11.8 Å². The Morgan fingerprint density at radius 1 is 1.04 bits per heavy atom. The number of ether oxygens (including phenoxy) is 2. The maximum absolute atomic E-state index is 6.40. The topological polar surface area (TPSA) is 44.2 Å². The SMILES string of the molecule is Clc1ccc(C(COc2nsnc2OC23CCC(CC2)C3)C2CCCC2)cc1. The van der Waals surface area contributed by atoms with Gasteiger partial charge in [-0.1, -0.05) is 36.6 Å². The molecule has 1 heterocycles. The van der Waals surface area contributed by atoms with Crippen LogP contribution in [0.1, 0.15) is 69.3 Å². The third kappa shape index (κ3) is 3.76. The predicted octanol–water partition coefficient (Wildman–Crippen LogP) is 6.26. The molecule has 3 aliphatic rings. The first-order chi connectivity index (χ1) is 13.7. The summed E-state index contributed by atoms with van der Waals surface area (Å²) >= 11 is 7.29. The fraction of sp³-hybridized carbons (Fsp3) is 0.636. The Bertz CT molecular complexity index is 795. The predicted molar refractivity (Wildman–Crippen MR) is 111 cm³/mol. The van der Waals surface area contributed by atoms with Crippen molar-refractivity contribution >= 4 is 23.3 Å². The maximum Gasteiger partial charge on any atom is 0.291 e. The van der Waals surface area contributed by atoms with Crippen molar-refractivity contribution in [1.82, 2.24) is 8.75 Å². The Balaban J connectivity index is 1.30. The second-order valence-electron chi connectivity index (χ2n) is 8.82. The first-order valence-electron chi connectivity index (χ1n) is 10.6. The van der Waals surface area contributed by atoms with Crippen molar-refractivity contribution in [3.05, 3.63) is 34.9 Å². The number of fused-ring (bicyclic) bond motifs is 2. The minimum atomic E-state index is -0.0143. The molecule has 0 spiro atoms. The monoisotopic (exact) mass is 418 g/mol. The van der Waals surface area contributed by atoms with E-state index in [4.69, 9.17) is 21.1 Å². The quantitative estimate of drug-likeness (QED) is 0.532. The number of hydrogen-bond acceptors (Lipinski definition) is 5.